The molecule has 0 spiro atoms. The molecule has 0 saturated heterocycles. The zero-order valence-corrected chi connectivity index (χ0v) is 9.63. The number of tetrazole rings is 1. The van der Waals surface area contributed by atoms with Gasteiger partial charge in [-0.15, -0.1) is 5.10 Å². The average molecular weight is 244 g/mol. The molecule has 0 N–H and O–H groups in total. The van der Waals surface area contributed by atoms with E-state index >= 15 is 0 Å². The van der Waals surface area contributed by atoms with E-state index in [9.17, 15) is 0 Å². The summed E-state index contributed by atoms with van der Waals surface area (Å²) in [4.78, 5) is 4.94. The van der Waals surface area contributed by atoms with E-state index in [0.29, 0.717) is 11.7 Å². The molecular weight excluding hydrogens is 236 g/mol. The van der Waals surface area contributed by atoms with Crippen LogP contribution in [0.5, 0.6) is 0 Å². The molecule has 1 fully saturated rings. The molecule has 1 aliphatic rings. The Labute approximate surface area is 102 Å². The first-order valence-corrected chi connectivity index (χ1v) is 6.00. The van der Waals surface area contributed by atoms with Crippen LogP contribution in [-0.4, -0.2) is 25.2 Å². The normalized spacial score (nSPS) is 14.5. The van der Waals surface area contributed by atoms with E-state index in [2.05, 4.69) is 20.5 Å². The molecule has 1 saturated carbocycles. The number of hydrogen-bond donors (Lipinski definition) is 0. The van der Waals surface area contributed by atoms with Gasteiger partial charge in [-0.05, 0) is 47.2 Å². The molecule has 0 aromatic carbocycles. The highest BCUT2D eigenvalue weighted by Crippen LogP contribution is 2.37. The van der Waals surface area contributed by atoms with Crippen molar-refractivity contribution in [1.82, 2.24) is 25.2 Å². The summed E-state index contributed by atoms with van der Waals surface area (Å²) >= 11 is 1.46. The Bertz CT molecular complexity index is 565. The first-order chi connectivity index (χ1) is 8.36. The molecule has 1 aliphatic carbocycles. The Hall–Kier alpha value is -1.94. The van der Waals surface area contributed by atoms with Crippen LogP contribution in [0.4, 0.5) is 0 Å². The van der Waals surface area contributed by atoms with Crippen molar-refractivity contribution < 1.29 is 0 Å². The fourth-order valence-electron chi connectivity index (χ4n) is 1.41. The maximum absolute atomic E-state index is 8.65. The van der Waals surface area contributed by atoms with Crippen molar-refractivity contribution in [2.75, 3.05) is 0 Å². The molecule has 0 unspecified atom stereocenters. The number of rotatable bonds is 3. The minimum absolute atomic E-state index is 0.413. The molecule has 17 heavy (non-hydrogen) atoms. The summed E-state index contributed by atoms with van der Waals surface area (Å²) in [5, 5.41) is 21.1. The second kappa shape index (κ2) is 4.14. The van der Waals surface area contributed by atoms with Gasteiger partial charge in [0.05, 0.1) is 6.04 Å². The summed E-state index contributed by atoms with van der Waals surface area (Å²) in [6.45, 7) is 0. The molecule has 84 valence electrons. The molecule has 0 aliphatic heterocycles. The highest BCUT2D eigenvalue weighted by atomic mass is 32.2. The molecule has 3 rings (SSSR count). The van der Waals surface area contributed by atoms with Crippen LogP contribution < -0.4 is 0 Å². The van der Waals surface area contributed by atoms with E-state index in [1.807, 2.05) is 16.8 Å². The van der Waals surface area contributed by atoms with Gasteiger partial charge in [-0.3, -0.25) is 0 Å². The number of nitriles is 1. The van der Waals surface area contributed by atoms with Crippen molar-refractivity contribution in [3.63, 3.8) is 0 Å². The minimum atomic E-state index is 0.413. The molecule has 7 heteroatoms. The molecular formula is C10H8N6S. The lowest BCUT2D eigenvalue weighted by Crippen LogP contribution is -1.98. The van der Waals surface area contributed by atoms with Gasteiger partial charge in [0, 0.05) is 11.1 Å². The van der Waals surface area contributed by atoms with Gasteiger partial charge in [0.1, 0.15) is 11.8 Å². The van der Waals surface area contributed by atoms with Crippen molar-refractivity contribution in [2.45, 2.75) is 28.9 Å². The second-order valence-electron chi connectivity index (χ2n) is 3.73. The van der Waals surface area contributed by atoms with Gasteiger partial charge in [0.25, 0.3) is 0 Å². The Morgan fingerprint density at radius 1 is 1.41 bits per heavy atom. The summed E-state index contributed by atoms with van der Waals surface area (Å²) < 4.78 is 1.85. The molecule has 6 nitrogen and oxygen atoms in total. The van der Waals surface area contributed by atoms with Crippen LogP contribution in [0.25, 0.3) is 0 Å². The van der Waals surface area contributed by atoms with Crippen LogP contribution in [-0.2, 0) is 0 Å². The Morgan fingerprint density at radius 2 is 2.29 bits per heavy atom. The van der Waals surface area contributed by atoms with Crippen LogP contribution in [0.1, 0.15) is 24.6 Å². The predicted molar refractivity (Wildman–Crippen MR) is 59.2 cm³/mol. The van der Waals surface area contributed by atoms with Crippen LogP contribution in [0.2, 0.25) is 0 Å². The topological polar surface area (TPSA) is 80.3 Å². The first-order valence-electron chi connectivity index (χ1n) is 5.18. The molecule has 2 heterocycles. The van der Waals surface area contributed by atoms with E-state index in [1.165, 1.54) is 11.8 Å². The highest BCUT2D eigenvalue weighted by molar-refractivity contribution is 7.99. The second-order valence-corrected chi connectivity index (χ2v) is 4.77. The van der Waals surface area contributed by atoms with Crippen molar-refractivity contribution in [3.05, 3.63) is 24.0 Å². The molecule has 0 bridgehead atoms. The van der Waals surface area contributed by atoms with Crippen molar-refractivity contribution in [3.8, 4) is 6.07 Å². The Balaban J connectivity index is 1.81. The third kappa shape index (κ3) is 2.12. The van der Waals surface area contributed by atoms with E-state index in [-0.39, 0.29) is 0 Å². The monoisotopic (exact) mass is 244 g/mol. The van der Waals surface area contributed by atoms with Gasteiger partial charge in [-0.2, -0.15) is 5.26 Å². The van der Waals surface area contributed by atoms with Gasteiger partial charge in [-0.25, -0.2) is 9.67 Å². The van der Waals surface area contributed by atoms with Crippen LogP contribution in [0.15, 0.2) is 28.4 Å². The average Bonchev–Trinajstić information content (AvgIpc) is 3.11. The third-order valence-electron chi connectivity index (χ3n) is 2.42. The standard InChI is InChI=1S/C10H8N6S/c11-5-7-1-4-9(6-12-7)17-10-13-14-15-16(10)8-2-3-8/h1,4,6,8H,2-3H2. The first kappa shape index (κ1) is 10.2. The van der Waals surface area contributed by atoms with Crippen molar-refractivity contribution >= 4 is 11.8 Å². The van der Waals surface area contributed by atoms with E-state index in [0.717, 1.165) is 22.9 Å². The van der Waals surface area contributed by atoms with Gasteiger partial charge in [0.2, 0.25) is 5.16 Å². The third-order valence-corrected chi connectivity index (χ3v) is 3.34. The quantitative estimate of drug-likeness (QED) is 0.812. The predicted octanol–water partition coefficient (Wildman–Crippen LogP) is 1.43. The molecule has 2 aromatic rings. The molecule has 0 radical (unpaired) electrons. The number of aromatic nitrogens is 5. The van der Waals surface area contributed by atoms with E-state index in [1.54, 1.807) is 12.3 Å². The zero-order valence-electron chi connectivity index (χ0n) is 8.82. The maximum atomic E-state index is 8.65. The van der Waals surface area contributed by atoms with Gasteiger partial charge in [-0.1, -0.05) is 0 Å². The fraction of sp³-hybridized carbons (Fsp3) is 0.300. The summed E-state index contributed by atoms with van der Waals surface area (Å²) in [7, 11) is 0. The highest BCUT2D eigenvalue weighted by Gasteiger charge is 2.28. The molecule has 2 aromatic heterocycles. The summed E-state index contributed by atoms with van der Waals surface area (Å²) in [5.74, 6) is 0. The lowest BCUT2D eigenvalue weighted by Gasteiger charge is -2.01. The Morgan fingerprint density at radius 3 is 2.94 bits per heavy atom. The van der Waals surface area contributed by atoms with Crippen LogP contribution in [0.3, 0.4) is 0 Å². The van der Waals surface area contributed by atoms with Crippen molar-refractivity contribution in [2.24, 2.45) is 0 Å². The van der Waals surface area contributed by atoms with Crippen LogP contribution >= 0.6 is 11.8 Å². The number of pyridine rings is 1. The van der Waals surface area contributed by atoms with Crippen LogP contribution in [0, 0.1) is 11.3 Å². The lowest BCUT2D eigenvalue weighted by molar-refractivity contribution is 0.565. The smallest absolute Gasteiger partial charge is 0.214 e. The largest absolute Gasteiger partial charge is 0.244 e. The Kier molecular flexibility index (Phi) is 2.49. The fourth-order valence-corrected chi connectivity index (χ4v) is 2.22. The summed E-state index contributed by atoms with van der Waals surface area (Å²) in [5.41, 5.74) is 0.413. The van der Waals surface area contributed by atoms with Gasteiger partial charge in [0.15, 0.2) is 0 Å². The molecule has 0 atom stereocenters. The minimum Gasteiger partial charge on any atom is -0.244 e. The lowest BCUT2D eigenvalue weighted by atomic mass is 10.4. The SMILES string of the molecule is N#Cc1ccc(Sc2nnnn2C2CC2)cn1. The summed E-state index contributed by atoms with van der Waals surface area (Å²) in [6, 6.07) is 5.98. The number of nitrogens with zero attached hydrogens (tertiary/aromatic N) is 6. The van der Waals surface area contributed by atoms with E-state index in [4.69, 9.17) is 5.26 Å². The zero-order chi connectivity index (χ0) is 11.7. The van der Waals surface area contributed by atoms with Crippen molar-refractivity contribution in [1.29, 1.82) is 5.26 Å². The summed E-state index contributed by atoms with van der Waals surface area (Å²) in [6.07, 6.45) is 3.95. The molecule has 0 amide bonds. The van der Waals surface area contributed by atoms with Gasteiger partial charge >= 0.3 is 0 Å². The van der Waals surface area contributed by atoms with E-state index < -0.39 is 0 Å². The number of hydrogen-bond acceptors (Lipinski definition) is 6. The maximum Gasteiger partial charge on any atom is 0.214 e. The van der Waals surface area contributed by atoms with Gasteiger partial charge < -0.3 is 0 Å².